The van der Waals surface area contributed by atoms with Crippen LogP contribution in [0.3, 0.4) is 0 Å². The van der Waals surface area contributed by atoms with Crippen LogP contribution in [0.15, 0.2) is 0 Å². The topological polar surface area (TPSA) is 37.4 Å². The molecule has 0 bridgehead atoms. The van der Waals surface area contributed by atoms with Crippen molar-refractivity contribution in [3.8, 4) is 11.2 Å². The van der Waals surface area contributed by atoms with Crippen LogP contribution in [-0.2, 0) is 9.05 Å². The maximum atomic E-state index is 10.6. The predicted molar refractivity (Wildman–Crippen MR) is 57.4 cm³/mol. The van der Waals surface area contributed by atoms with Crippen molar-refractivity contribution in [2.45, 2.75) is 19.8 Å². The molecule has 0 N–H and O–H groups in total. The van der Waals surface area contributed by atoms with E-state index in [2.05, 4.69) is 23.0 Å². The average molecular weight is 236 g/mol. The maximum Gasteiger partial charge on any atom is 0.300 e. The molecule has 0 amide bonds. The number of hydrogen-bond donors (Lipinski definition) is 0. The van der Waals surface area contributed by atoms with E-state index in [0.29, 0.717) is 0 Å². The van der Waals surface area contributed by atoms with E-state index in [1.807, 2.05) is 0 Å². The minimum Gasteiger partial charge on any atom is -0.302 e. The van der Waals surface area contributed by atoms with Crippen molar-refractivity contribution < 1.29 is 8.42 Å². The number of halogens is 1. The molecule has 1 saturated heterocycles. The smallest absolute Gasteiger partial charge is 0.300 e. The van der Waals surface area contributed by atoms with Crippen molar-refractivity contribution >= 4 is 19.7 Å². The lowest BCUT2D eigenvalue weighted by Gasteiger charge is -2.28. The monoisotopic (exact) mass is 235 g/mol. The predicted octanol–water partition coefficient (Wildman–Crippen LogP) is 1.25. The van der Waals surface area contributed by atoms with Gasteiger partial charge in [-0.15, -0.1) is 0 Å². The highest BCUT2D eigenvalue weighted by Crippen LogP contribution is 2.15. The minimum atomic E-state index is -3.66. The van der Waals surface area contributed by atoms with E-state index in [1.54, 1.807) is 0 Å². The van der Waals surface area contributed by atoms with Crippen LogP contribution in [0.2, 0.25) is 0 Å². The van der Waals surface area contributed by atoms with E-state index in [-0.39, 0.29) is 5.92 Å². The summed E-state index contributed by atoms with van der Waals surface area (Å²) < 4.78 is 21.2. The van der Waals surface area contributed by atoms with Crippen LogP contribution in [0.4, 0.5) is 0 Å². The Morgan fingerprint density at radius 1 is 1.57 bits per heavy atom. The molecule has 5 heteroatoms. The zero-order chi connectivity index (χ0) is 10.6. The number of piperidine rings is 1. The van der Waals surface area contributed by atoms with Crippen LogP contribution in [0.1, 0.15) is 19.8 Å². The van der Waals surface area contributed by atoms with Gasteiger partial charge >= 0.3 is 9.05 Å². The van der Waals surface area contributed by atoms with Gasteiger partial charge in [-0.1, -0.05) is 12.8 Å². The van der Waals surface area contributed by atoms with Crippen LogP contribution in [-0.4, -0.2) is 33.0 Å². The number of hydrogen-bond acceptors (Lipinski definition) is 3. The normalized spacial score (nSPS) is 24.0. The second-order valence-corrected chi connectivity index (χ2v) is 5.72. The third kappa shape index (κ3) is 4.32. The lowest BCUT2D eigenvalue weighted by atomic mass is 9.99. The number of nitrogens with zero attached hydrogens (tertiary/aromatic N) is 1. The fraction of sp³-hybridized carbons (Fsp3) is 0.778. The first-order chi connectivity index (χ1) is 6.51. The van der Waals surface area contributed by atoms with Gasteiger partial charge in [0.05, 0.1) is 0 Å². The Balaban J connectivity index is 2.56. The van der Waals surface area contributed by atoms with E-state index in [4.69, 9.17) is 10.7 Å². The summed E-state index contributed by atoms with van der Waals surface area (Å²) in [6, 6.07) is 0. The van der Waals surface area contributed by atoms with Gasteiger partial charge in [-0.2, -0.15) is 8.42 Å². The fourth-order valence-electron chi connectivity index (χ4n) is 1.61. The summed E-state index contributed by atoms with van der Waals surface area (Å²) in [6.07, 6.45) is 2.05. The second-order valence-electron chi connectivity index (χ2n) is 3.42. The third-order valence-electron chi connectivity index (χ3n) is 2.34. The Morgan fingerprint density at radius 2 is 2.29 bits per heavy atom. The molecule has 0 spiro atoms. The molecule has 1 unspecified atom stereocenters. The lowest BCUT2D eigenvalue weighted by Crippen LogP contribution is -2.34. The first kappa shape index (κ1) is 11.8. The van der Waals surface area contributed by atoms with Gasteiger partial charge in [-0.3, -0.25) is 0 Å². The Morgan fingerprint density at radius 3 is 2.86 bits per heavy atom. The zero-order valence-corrected chi connectivity index (χ0v) is 9.74. The highest BCUT2D eigenvalue weighted by molar-refractivity contribution is 8.17. The molecule has 1 atom stereocenters. The number of likely N-dealkylation sites (tertiary alicyclic amines) is 1. The largest absolute Gasteiger partial charge is 0.302 e. The molecule has 1 aliphatic heterocycles. The summed E-state index contributed by atoms with van der Waals surface area (Å²) in [7, 11) is 1.35. The van der Waals surface area contributed by atoms with Crippen molar-refractivity contribution in [3.05, 3.63) is 0 Å². The van der Waals surface area contributed by atoms with E-state index in [0.717, 1.165) is 32.5 Å². The van der Waals surface area contributed by atoms with Gasteiger partial charge in [0, 0.05) is 28.4 Å². The zero-order valence-electron chi connectivity index (χ0n) is 8.16. The highest BCUT2D eigenvalue weighted by Gasteiger charge is 2.16. The highest BCUT2D eigenvalue weighted by atomic mass is 35.7. The summed E-state index contributed by atoms with van der Waals surface area (Å²) in [5, 5.41) is 2.10. The Labute approximate surface area is 89.8 Å². The summed E-state index contributed by atoms with van der Waals surface area (Å²) in [5.74, 6) is 2.86. The van der Waals surface area contributed by atoms with Crippen molar-refractivity contribution in [2.24, 2.45) is 5.92 Å². The third-order valence-corrected chi connectivity index (χ3v) is 2.93. The quantitative estimate of drug-likeness (QED) is 0.507. The molecule has 0 aromatic carbocycles. The minimum absolute atomic E-state index is 0.150. The van der Waals surface area contributed by atoms with Crippen LogP contribution >= 0.6 is 10.7 Å². The first-order valence-corrected chi connectivity index (χ1v) is 7.01. The summed E-state index contributed by atoms with van der Waals surface area (Å²) in [6.45, 7) is 5.03. The van der Waals surface area contributed by atoms with E-state index < -0.39 is 9.05 Å². The van der Waals surface area contributed by atoms with E-state index >= 15 is 0 Å². The van der Waals surface area contributed by atoms with Gasteiger partial charge in [-0.25, -0.2) is 0 Å². The van der Waals surface area contributed by atoms with Crippen LogP contribution in [0.5, 0.6) is 0 Å². The molecule has 0 aromatic rings. The van der Waals surface area contributed by atoms with Gasteiger partial charge < -0.3 is 4.90 Å². The average Bonchev–Trinajstić information content (AvgIpc) is 2.14. The summed E-state index contributed by atoms with van der Waals surface area (Å²) >= 11 is 0. The number of rotatable bonds is 1. The van der Waals surface area contributed by atoms with Crippen LogP contribution in [0, 0.1) is 17.1 Å². The van der Waals surface area contributed by atoms with Crippen LogP contribution < -0.4 is 0 Å². The molecule has 0 saturated carbocycles. The Kier molecular flexibility index (Phi) is 4.24. The lowest BCUT2D eigenvalue weighted by molar-refractivity contribution is 0.210. The van der Waals surface area contributed by atoms with Gasteiger partial charge in [0.15, 0.2) is 0 Å². The van der Waals surface area contributed by atoms with Crippen LogP contribution in [0.25, 0.3) is 0 Å². The molecule has 0 radical (unpaired) electrons. The van der Waals surface area contributed by atoms with Gasteiger partial charge in [-0.05, 0) is 25.9 Å². The van der Waals surface area contributed by atoms with Gasteiger partial charge in [0.2, 0.25) is 0 Å². The molecule has 80 valence electrons. The fourth-order valence-corrected chi connectivity index (χ4v) is 2.06. The van der Waals surface area contributed by atoms with E-state index in [9.17, 15) is 8.42 Å². The van der Waals surface area contributed by atoms with Crippen molar-refractivity contribution in [1.29, 1.82) is 0 Å². The Hall–Kier alpha value is -0.240. The molecule has 1 fully saturated rings. The molecule has 3 nitrogen and oxygen atoms in total. The van der Waals surface area contributed by atoms with Crippen molar-refractivity contribution in [2.75, 3.05) is 19.6 Å². The second kappa shape index (κ2) is 5.01. The summed E-state index contributed by atoms with van der Waals surface area (Å²) in [4.78, 5) is 2.27. The molecule has 1 heterocycles. The SMILES string of the molecule is CCN1CCCC(C#CS(=O)(=O)Cl)C1. The van der Waals surface area contributed by atoms with Crippen molar-refractivity contribution in [1.82, 2.24) is 4.90 Å². The van der Waals surface area contributed by atoms with Gasteiger partial charge in [0.25, 0.3) is 0 Å². The van der Waals surface area contributed by atoms with Crippen molar-refractivity contribution in [3.63, 3.8) is 0 Å². The standard InChI is InChI=1S/C9H14ClNO2S/c1-2-11-6-3-4-9(8-11)5-7-14(10,12)13/h9H,2-4,6,8H2,1H3. The molecular formula is C9H14ClNO2S. The Bertz CT molecular complexity index is 342. The molecule has 0 aliphatic carbocycles. The van der Waals surface area contributed by atoms with E-state index in [1.165, 1.54) is 0 Å². The molecule has 1 aliphatic rings. The maximum absolute atomic E-state index is 10.6. The molecule has 1 rings (SSSR count). The molecule has 0 aromatic heterocycles. The molecule has 14 heavy (non-hydrogen) atoms. The summed E-state index contributed by atoms with van der Waals surface area (Å²) in [5.41, 5.74) is 0. The first-order valence-electron chi connectivity index (χ1n) is 4.70. The van der Waals surface area contributed by atoms with Gasteiger partial charge in [0.1, 0.15) is 0 Å². The molecular weight excluding hydrogens is 222 g/mol.